The lowest BCUT2D eigenvalue weighted by molar-refractivity contribution is 0.452. The van der Waals surface area contributed by atoms with Gasteiger partial charge in [0.2, 0.25) is 0 Å². The van der Waals surface area contributed by atoms with E-state index in [1.807, 2.05) is 18.2 Å². The van der Waals surface area contributed by atoms with Crippen LogP contribution in [0.15, 0.2) is 35.9 Å². The van der Waals surface area contributed by atoms with Crippen molar-refractivity contribution >= 4 is 0 Å². The van der Waals surface area contributed by atoms with Crippen LogP contribution in [0, 0.1) is 0 Å². The molecule has 2 nitrogen and oxygen atoms in total. The van der Waals surface area contributed by atoms with Gasteiger partial charge in [0.15, 0.2) is 0 Å². The molecular weight excluding hydrogens is 222 g/mol. The molecule has 2 heteroatoms. The molecule has 1 aromatic rings. The molecule has 18 heavy (non-hydrogen) atoms. The van der Waals surface area contributed by atoms with Crippen LogP contribution in [0.2, 0.25) is 0 Å². The third-order valence-corrected chi connectivity index (χ3v) is 3.68. The molecule has 0 spiro atoms. The average Bonchev–Trinajstić information content (AvgIpc) is 2.40. The van der Waals surface area contributed by atoms with E-state index < -0.39 is 0 Å². The van der Waals surface area contributed by atoms with Gasteiger partial charge in [-0.3, -0.25) is 0 Å². The van der Waals surface area contributed by atoms with E-state index in [0.29, 0.717) is 5.75 Å². The van der Waals surface area contributed by atoms with Gasteiger partial charge in [-0.2, -0.15) is 0 Å². The zero-order chi connectivity index (χ0) is 12.8. The molecule has 0 saturated carbocycles. The fourth-order valence-corrected chi connectivity index (χ4v) is 2.54. The summed E-state index contributed by atoms with van der Waals surface area (Å²) in [6.45, 7) is 3.09. The van der Waals surface area contributed by atoms with Gasteiger partial charge in [-0.05, 0) is 51.6 Å². The molecule has 1 unspecified atom stereocenters. The third kappa shape index (κ3) is 3.61. The van der Waals surface area contributed by atoms with Crippen LogP contribution in [0.25, 0.3) is 0 Å². The van der Waals surface area contributed by atoms with Gasteiger partial charge >= 0.3 is 0 Å². The molecule has 0 aliphatic heterocycles. The highest BCUT2D eigenvalue weighted by molar-refractivity contribution is 5.34. The van der Waals surface area contributed by atoms with Crippen LogP contribution in [0.1, 0.15) is 50.6 Å². The summed E-state index contributed by atoms with van der Waals surface area (Å²) in [6.07, 6.45) is 8.76. The molecule has 1 aliphatic rings. The summed E-state index contributed by atoms with van der Waals surface area (Å²) in [5, 5.41) is 13.3. The Morgan fingerprint density at radius 3 is 2.83 bits per heavy atom. The van der Waals surface area contributed by atoms with Crippen molar-refractivity contribution in [3.63, 3.8) is 0 Å². The average molecular weight is 245 g/mol. The maximum absolute atomic E-state index is 9.78. The van der Waals surface area contributed by atoms with E-state index in [2.05, 4.69) is 18.3 Å². The predicted molar refractivity (Wildman–Crippen MR) is 75.7 cm³/mol. The summed E-state index contributed by atoms with van der Waals surface area (Å²) in [7, 11) is 0. The molecule has 98 valence electrons. The molecule has 1 aliphatic carbocycles. The molecule has 1 aromatic carbocycles. The summed E-state index contributed by atoms with van der Waals surface area (Å²) >= 11 is 0. The minimum Gasteiger partial charge on any atom is -0.508 e. The molecule has 0 bridgehead atoms. The highest BCUT2D eigenvalue weighted by Gasteiger charge is 2.09. The van der Waals surface area contributed by atoms with Gasteiger partial charge < -0.3 is 10.4 Å². The molecule has 1 atom stereocenters. The van der Waals surface area contributed by atoms with E-state index in [9.17, 15) is 5.11 Å². The first kappa shape index (κ1) is 13.2. The molecule has 0 fully saturated rings. The molecule has 2 N–H and O–H groups in total. The third-order valence-electron chi connectivity index (χ3n) is 3.68. The number of rotatable bonds is 5. The Labute approximate surface area is 110 Å². The Kier molecular flexibility index (Phi) is 4.82. The Morgan fingerprint density at radius 2 is 2.11 bits per heavy atom. The summed E-state index contributed by atoms with van der Waals surface area (Å²) < 4.78 is 0. The smallest absolute Gasteiger partial charge is 0.120 e. The highest BCUT2D eigenvalue weighted by atomic mass is 16.3. The fraction of sp³-hybridized carbons (Fsp3) is 0.500. The molecule has 0 radical (unpaired) electrons. The van der Waals surface area contributed by atoms with E-state index in [1.54, 1.807) is 11.6 Å². The monoisotopic (exact) mass is 245 g/mol. The van der Waals surface area contributed by atoms with Crippen LogP contribution in [-0.2, 0) is 0 Å². The number of phenolic OH excluding ortho intramolecular Hbond substituents is 1. The number of para-hydroxylation sites is 1. The van der Waals surface area contributed by atoms with Crippen LogP contribution in [-0.4, -0.2) is 11.7 Å². The van der Waals surface area contributed by atoms with E-state index in [-0.39, 0.29) is 6.04 Å². The predicted octanol–water partition coefficient (Wildman–Crippen LogP) is 3.93. The van der Waals surface area contributed by atoms with Crippen LogP contribution < -0.4 is 5.32 Å². The first-order valence-electron chi connectivity index (χ1n) is 6.96. The highest BCUT2D eigenvalue weighted by Crippen LogP contribution is 2.24. The number of hydrogen-bond donors (Lipinski definition) is 2. The Hall–Kier alpha value is -1.28. The number of hydrogen-bond acceptors (Lipinski definition) is 2. The largest absolute Gasteiger partial charge is 0.508 e. The second kappa shape index (κ2) is 6.60. The number of phenols is 1. The molecule has 0 saturated heterocycles. The Morgan fingerprint density at radius 1 is 1.28 bits per heavy atom. The maximum atomic E-state index is 9.78. The molecular formula is C16H23NO. The number of benzene rings is 1. The van der Waals surface area contributed by atoms with Crippen LogP contribution in [0.5, 0.6) is 5.75 Å². The standard InChI is InChI=1S/C16H23NO/c1-13(15-9-5-6-10-16(15)18)17-12-11-14-7-3-2-4-8-14/h5-7,9-10,13,17-18H,2-4,8,11-12H2,1H3. The van der Waals surface area contributed by atoms with Crippen molar-refractivity contribution in [2.24, 2.45) is 0 Å². The Bertz CT molecular complexity index is 411. The van der Waals surface area contributed by atoms with Gasteiger partial charge in [0.1, 0.15) is 5.75 Å². The van der Waals surface area contributed by atoms with Gasteiger partial charge in [0.25, 0.3) is 0 Å². The SMILES string of the molecule is CC(NCCC1=CCCCC1)c1ccccc1O. The zero-order valence-corrected chi connectivity index (χ0v) is 11.2. The van der Waals surface area contributed by atoms with Crippen molar-refractivity contribution in [3.8, 4) is 5.75 Å². The topological polar surface area (TPSA) is 32.3 Å². The van der Waals surface area contributed by atoms with E-state index in [4.69, 9.17) is 0 Å². The van der Waals surface area contributed by atoms with Crippen LogP contribution in [0.3, 0.4) is 0 Å². The Balaban J connectivity index is 1.80. The second-order valence-electron chi connectivity index (χ2n) is 5.09. The summed E-state index contributed by atoms with van der Waals surface area (Å²) in [6, 6.07) is 7.76. The lowest BCUT2D eigenvalue weighted by Gasteiger charge is -2.17. The minimum atomic E-state index is 0.204. The van der Waals surface area contributed by atoms with Crippen LogP contribution >= 0.6 is 0 Å². The van der Waals surface area contributed by atoms with Gasteiger partial charge in [-0.25, -0.2) is 0 Å². The first-order chi connectivity index (χ1) is 8.77. The van der Waals surface area contributed by atoms with Crippen LogP contribution in [0.4, 0.5) is 0 Å². The first-order valence-corrected chi connectivity index (χ1v) is 6.96. The van der Waals surface area contributed by atoms with Crippen molar-refractivity contribution in [1.82, 2.24) is 5.32 Å². The van der Waals surface area contributed by atoms with E-state index >= 15 is 0 Å². The van der Waals surface area contributed by atoms with Gasteiger partial charge in [0.05, 0.1) is 0 Å². The molecule has 0 amide bonds. The minimum absolute atomic E-state index is 0.204. The summed E-state index contributed by atoms with van der Waals surface area (Å²) in [5.41, 5.74) is 2.58. The van der Waals surface area contributed by atoms with Crippen molar-refractivity contribution in [2.45, 2.75) is 45.1 Å². The van der Waals surface area contributed by atoms with Crippen molar-refractivity contribution in [2.75, 3.05) is 6.54 Å². The van der Waals surface area contributed by atoms with Gasteiger partial charge in [-0.1, -0.05) is 29.8 Å². The summed E-state index contributed by atoms with van der Waals surface area (Å²) in [4.78, 5) is 0. The number of allylic oxidation sites excluding steroid dienone is 1. The van der Waals surface area contributed by atoms with E-state index in [0.717, 1.165) is 18.5 Å². The maximum Gasteiger partial charge on any atom is 0.120 e. The second-order valence-corrected chi connectivity index (χ2v) is 5.09. The quantitative estimate of drug-likeness (QED) is 0.770. The van der Waals surface area contributed by atoms with Crippen molar-refractivity contribution in [1.29, 1.82) is 0 Å². The summed E-state index contributed by atoms with van der Waals surface area (Å²) in [5.74, 6) is 0.384. The normalized spacial score (nSPS) is 17.3. The van der Waals surface area contributed by atoms with E-state index in [1.165, 1.54) is 25.7 Å². The lowest BCUT2D eigenvalue weighted by Crippen LogP contribution is -2.20. The van der Waals surface area contributed by atoms with Crippen molar-refractivity contribution < 1.29 is 5.11 Å². The molecule has 2 rings (SSSR count). The van der Waals surface area contributed by atoms with Crippen molar-refractivity contribution in [3.05, 3.63) is 41.5 Å². The zero-order valence-electron chi connectivity index (χ0n) is 11.2. The number of aromatic hydroxyl groups is 1. The van der Waals surface area contributed by atoms with Gasteiger partial charge in [-0.15, -0.1) is 0 Å². The molecule has 0 aromatic heterocycles. The number of nitrogens with one attached hydrogen (secondary N) is 1. The van der Waals surface area contributed by atoms with Gasteiger partial charge in [0, 0.05) is 11.6 Å². The molecule has 0 heterocycles. The lowest BCUT2D eigenvalue weighted by atomic mass is 9.97. The fourth-order valence-electron chi connectivity index (χ4n) is 2.54.